The second-order valence-electron chi connectivity index (χ2n) is 3.47. The van der Waals surface area contributed by atoms with Gasteiger partial charge in [-0.2, -0.15) is 0 Å². The van der Waals surface area contributed by atoms with Crippen LogP contribution in [0.1, 0.15) is 15.9 Å². The molecule has 0 fully saturated rings. The Bertz CT molecular complexity index is 544. The van der Waals surface area contributed by atoms with Crippen LogP contribution >= 0.6 is 0 Å². The van der Waals surface area contributed by atoms with E-state index in [4.69, 9.17) is 5.11 Å². The summed E-state index contributed by atoms with van der Waals surface area (Å²) < 4.78 is 0. The Morgan fingerprint density at radius 2 is 1.87 bits per heavy atom. The summed E-state index contributed by atoms with van der Waals surface area (Å²) in [7, 11) is 0. The van der Waals surface area contributed by atoms with Crippen molar-refractivity contribution in [3.63, 3.8) is 0 Å². The third-order valence-electron chi connectivity index (χ3n) is 2.44. The standard InChI is InChI=1S/C12H10O3/c1-7-2-3-8-4-5-9(12(14)15)6-10(8)11(7)13/h2-6,13H,1H3,(H,14,15). The summed E-state index contributed by atoms with van der Waals surface area (Å²) in [6.07, 6.45) is 0. The van der Waals surface area contributed by atoms with Gasteiger partial charge in [0.2, 0.25) is 0 Å². The van der Waals surface area contributed by atoms with E-state index in [-0.39, 0.29) is 11.3 Å². The molecule has 2 N–H and O–H groups in total. The lowest BCUT2D eigenvalue weighted by Crippen LogP contribution is -1.95. The van der Waals surface area contributed by atoms with Gasteiger partial charge in [0.05, 0.1) is 5.56 Å². The van der Waals surface area contributed by atoms with Crippen molar-refractivity contribution in [1.29, 1.82) is 0 Å². The summed E-state index contributed by atoms with van der Waals surface area (Å²) in [6.45, 7) is 1.78. The maximum Gasteiger partial charge on any atom is 0.335 e. The van der Waals surface area contributed by atoms with Crippen LogP contribution < -0.4 is 0 Å². The molecule has 0 bridgehead atoms. The van der Waals surface area contributed by atoms with Crippen LogP contribution in [0.15, 0.2) is 30.3 Å². The molecule has 0 radical (unpaired) electrons. The number of carboxylic acid groups (broad SMARTS) is 1. The molecule has 0 aliphatic carbocycles. The van der Waals surface area contributed by atoms with Crippen molar-refractivity contribution < 1.29 is 15.0 Å². The molecule has 0 atom stereocenters. The van der Waals surface area contributed by atoms with Gasteiger partial charge in [0, 0.05) is 5.39 Å². The number of hydrogen-bond donors (Lipinski definition) is 2. The minimum Gasteiger partial charge on any atom is -0.507 e. The highest BCUT2D eigenvalue weighted by Crippen LogP contribution is 2.28. The molecule has 3 heteroatoms. The molecule has 15 heavy (non-hydrogen) atoms. The number of aryl methyl sites for hydroxylation is 1. The molecule has 76 valence electrons. The molecule has 0 aliphatic heterocycles. The van der Waals surface area contributed by atoms with E-state index in [1.807, 2.05) is 6.07 Å². The fourth-order valence-electron chi connectivity index (χ4n) is 1.55. The molecule has 2 aromatic rings. The van der Waals surface area contributed by atoms with Gasteiger partial charge in [-0.25, -0.2) is 4.79 Å². The molecule has 2 rings (SSSR count). The highest BCUT2D eigenvalue weighted by atomic mass is 16.4. The second-order valence-corrected chi connectivity index (χ2v) is 3.47. The van der Waals surface area contributed by atoms with E-state index in [2.05, 4.69) is 0 Å². The topological polar surface area (TPSA) is 57.5 Å². The highest BCUT2D eigenvalue weighted by molar-refractivity contribution is 5.97. The van der Waals surface area contributed by atoms with Gasteiger partial charge in [-0.1, -0.05) is 18.2 Å². The van der Waals surface area contributed by atoms with Crippen molar-refractivity contribution in [2.24, 2.45) is 0 Å². The zero-order chi connectivity index (χ0) is 11.0. The van der Waals surface area contributed by atoms with Gasteiger partial charge in [-0.05, 0) is 30.0 Å². The van der Waals surface area contributed by atoms with Crippen LogP contribution in [0.4, 0.5) is 0 Å². The van der Waals surface area contributed by atoms with Gasteiger partial charge in [-0.3, -0.25) is 0 Å². The smallest absolute Gasteiger partial charge is 0.335 e. The summed E-state index contributed by atoms with van der Waals surface area (Å²) in [5, 5.41) is 20.0. The monoisotopic (exact) mass is 202 g/mol. The number of phenolic OH excluding ortho intramolecular Hbond substituents is 1. The molecule has 2 aromatic carbocycles. The molecule has 0 saturated heterocycles. The van der Waals surface area contributed by atoms with E-state index in [0.29, 0.717) is 5.39 Å². The maximum atomic E-state index is 10.8. The summed E-state index contributed by atoms with van der Waals surface area (Å²) in [6, 6.07) is 8.37. The van der Waals surface area contributed by atoms with E-state index in [1.165, 1.54) is 12.1 Å². The first-order valence-electron chi connectivity index (χ1n) is 4.55. The number of rotatable bonds is 1. The number of carbonyl (C=O) groups is 1. The van der Waals surface area contributed by atoms with Crippen molar-refractivity contribution in [2.45, 2.75) is 6.92 Å². The summed E-state index contributed by atoms with van der Waals surface area (Å²) in [5.41, 5.74) is 0.924. The second kappa shape index (κ2) is 3.28. The fourth-order valence-corrected chi connectivity index (χ4v) is 1.55. The molecule has 0 saturated carbocycles. The maximum absolute atomic E-state index is 10.8. The SMILES string of the molecule is Cc1ccc2ccc(C(=O)O)cc2c1O. The minimum absolute atomic E-state index is 0.149. The Balaban J connectivity index is 2.79. The number of fused-ring (bicyclic) bond motifs is 1. The highest BCUT2D eigenvalue weighted by Gasteiger charge is 2.07. The van der Waals surface area contributed by atoms with E-state index in [1.54, 1.807) is 19.1 Å². The molecule has 3 nitrogen and oxygen atoms in total. The first-order valence-corrected chi connectivity index (χ1v) is 4.55. The van der Waals surface area contributed by atoms with Crippen molar-refractivity contribution in [2.75, 3.05) is 0 Å². The van der Waals surface area contributed by atoms with Gasteiger partial charge in [0.25, 0.3) is 0 Å². The molecular formula is C12H10O3. The van der Waals surface area contributed by atoms with E-state index >= 15 is 0 Å². The Morgan fingerprint density at radius 1 is 1.20 bits per heavy atom. The summed E-state index contributed by atoms with van der Waals surface area (Å²) >= 11 is 0. The number of phenols is 1. The van der Waals surface area contributed by atoms with Crippen molar-refractivity contribution >= 4 is 16.7 Å². The molecule has 0 aliphatic rings. The van der Waals surface area contributed by atoms with Crippen molar-refractivity contribution in [3.05, 3.63) is 41.5 Å². The largest absolute Gasteiger partial charge is 0.507 e. The van der Waals surface area contributed by atoms with Gasteiger partial charge in [0.1, 0.15) is 5.75 Å². The number of benzene rings is 2. The molecule has 0 spiro atoms. The van der Waals surface area contributed by atoms with Crippen LogP contribution in [0.25, 0.3) is 10.8 Å². The first kappa shape index (κ1) is 9.52. The predicted molar refractivity (Wildman–Crippen MR) is 57.3 cm³/mol. The minimum atomic E-state index is -0.988. The zero-order valence-electron chi connectivity index (χ0n) is 8.19. The van der Waals surface area contributed by atoms with Gasteiger partial charge >= 0.3 is 5.97 Å². The van der Waals surface area contributed by atoms with Crippen molar-refractivity contribution in [3.8, 4) is 5.75 Å². The Kier molecular flexibility index (Phi) is 2.08. The number of hydrogen-bond acceptors (Lipinski definition) is 2. The number of aromatic carboxylic acids is 1. The molecular weight excluding hydrogens is 192 g/mol. The molecule has 0 heterocycles. The number of aromatic hydroxyl groups is 1. The summed E-state index contributed by atoms with van der Waals surface area (Å²) in [5.74, 6) is -0.839. The normalized spacial score (nSPS) is 10.5. The van der Waals surface area contributed by atoms with Crippen LogP contribution in [-0.2, 0) is 0 Å². The zero-order valence-corrected chi connectivity index (χ0v) is 8.19. The fraction of sp³-hybridized carbons (Fsp3) is 0.0833. The lowest BCUT2D eigenvalue weighted by Gasteiger charge is -2.04. The average molecular weight is 202 g/mol. The molecule has 0 unspecified atom stereocenters. The van der Waals surface area contributed by atoms with Crippen LogP contribution in [-0.4, -0.2) is 16.2 Å². The lowest BCUT2D eigenvalue weighted by molar-refractivity contribution is 0.0697. The molecule has 0 aromatic heterocycles. The summed E-state index contributed by atoms with van der Waals surface area (Å²) in [4.78, 5) is 10.8. The van der Waals surface area contributed by atoms with Crippen LogP contribution in [0, 0.1) is 6.92 Å². The van der Waals surface area contributed by atoms with Gasteiger partial charge < -0.3 is 10.2 Å². The van der Waals surface area contributed by atoms with E-state index in [9.17, 15) is 9.90 Å². The van der Waals surface area contributed by atoms with Crippen LogP contribution in [0.3, 0.4) is 0 Å². The van der Waals surface area contributed by atoms with Crippen LogP contribution in [0.2, 0.25) is 0 Å². The Labute approximate surface area is 86.6 Å². The third kappa shape index (κ3) is 1.52. The lowest BCUT2D eigenvalue weighted by atomic mass is 10.0. The Morgan fingerprint density at radius 3 is 2.53 bits per heavy atom. The first-order chi connectivity index (χ1) is 7.09. The van der Waals surface area contributed by atoms with Crippen LogP contribution in [0.5, 0.6) is 5.75 Å². The van der Waals surface area contributed by atoms with Crippen molar-refractivity contribution in [1.82, 2.24) is 0 Å². The van der Waals surface area contributed by atoms with E-state index in [0.717, 1.165) is 10.9 Å². The van der Waals surface area contributed by atoms with Gasteiger partial charge in [0.15, 0.2) is 0 Å². The van der Waals surface area contributed by atoms with Gasteiger partial charge in [-0.15, -0.1) is 0 Å². The third-order valence-corrected chi connectivity index (χ3v) is 2.44. The Hall–Kier alpha value is -2.03. The average Bonchev–Trinajstić information content (AvgIpc) is 2.23. The number of carboxylic acids is 1. The predicted octanol–water partition coefficient (Wildman–Crippen LogP) is 2.55. The molecule has 0 amide bonds. The quantitative estimate of drug-likeness (QED) is 0.747. The van der Waals surface area contributed by atoms with E-state index < -0.39 is 5.97 Å².